The fourth-order valence-electron chi connectivity index (χ4n) is 1.97. The number of nitrogens with one attached hydrogen (secondary N) is 1. The number of hydrogen-bond acceptors (Lipinski definition) is 3. The van der Waals surface area contributed by atoms with Crippen LogP contribution < -0.4 is 5.32 Å². The molecule has 1 N–H and O–H groups in total. The molecule has 0 aliphatic rings. The summed E-state index contributed by atoms with van der Waals surface area (Å²) in [6, 6.07) is 10.6. The third-order valence-corrected chi connectivity index (χ3v) is 2.71. The van der Waals surface area contributed by atoms with Crippen molar-refractivity contribution in [2.24, 2.45) is 0 Å². The molecule has 0 aliphatic heterocycles. The minimum atomic E-state index is 0.303. The van der Waals surface area contributed by atoms with Gasteiger partial charge in [0.25, 0.3) is 0 Å². The highest BCUT2D eigenvalue weighted by Gasteiger charge is 2.09. The van der Waals surface area contributed by atoms with Gasteiger partial charge in [-0.1, -0.05) is 12.1 Å². The average Bonchev–Trinajstić information content (AvgIpc) is 2.28. The molecule has 0 aromatic heterocycles. The number of nitriles is 1. The van der Waals surface area contributed by atoms with E-state index in [-0.39, 0.29) is 0 Å². The molecule has 0 fully saturated rings. The highest BCUT2D eigenvalue weighted by Crippen LogP contribution is 2.13. The molecule has 1 aromatic carbocycles. The molecule has 3 heteroatoms. The van der Waals surface area contributed by atoms with Crippen LogP contribution in [0.4, 0.5) is 0 Å². The number of nitrogens with zero attached hydrogens (tertiary/aromatic N) is 2. The lowest BCUT2D eigenvalue weighted by atomic mass is 10.1. The van der Waals surface area contributed by atoms with Gasteiger partial charge >= 0.3 is 0 Å². The first-order chi connectivity index (χ1) is 8.02. The minimum absolute atomic E-state index is 0.303. The Kier molecular flexibility index (Phi) is 5.14. The summed E-state index contributed by atoms with van der Waals surface area (Å²) in [6.07, 6.45) is 0. The van der Waals surface area contributed by atoms with Crippen LogP contribution in [0, 0.1) is 11.3 Å². The molecule has 3 nitrogen and oxygen atoms in total. The van der Waals surface area contributed by atoms with Gasteiger partial charge < -0.3 is 10.2 Å². The standard InChI is InChI=1S/C14H21N3/c1-11(10-17(3)4)16-12(2)14-7-5-13(9-15)6-8-14/h5-8,11-12,16H,10H2,1-4H3. The van der Waals surface area contributed by atoms with Gasteiger partial charge in [-0.25, -0.2) is 0 Å². The van der Waals surface area contributed by atoms with Gasteiger partial charge in [0.15, 0.2) is 0 Å². The first-order valence-corrected chi connectivity index (χ1v) is 5.93. The number of benzene rings is 1. The molecule has 1 rings (SSSR count). The SMILES string of the molecule is CC(CN(C)C)NC(C)c1ccc(C#N)cc1. The molecule has 0 heterocycles. The lowest BCUT2D eigenvalue weighted by Crippen LogP contribution is -2.37. The minimum Gasteiger partial charge on any atom is -0.308 e. The second kappa shape index (κ2) is 6.39. The Bertz CT molecular complexity index is 375. The van der Waals surface area contributed by atoms with E-state index < -0.39 is 0 Å². The van der Waals surface area contributed by atoms with Crippen LogP contribution in [0.25, 0.3) is 0 Å². The van der Waals surface area contributed by atoms with Crippen molar-refractivity contribution in [2.75, 3.05) is 20.6 Å². The van der Waals surface area contributed by atoms with E-state index in [0.717, 1.165) is 6.54 Å². The first-order valence-electron chi connectivity index (χ1n) is 5.93. The van der Waals surface area contributed by atoms with Crippen molar-refractivity contribution >= 4 is 0 Å². The summed E-state index contributed by atoms with van der Waals surface area (Å²) in [5.41, 5.74) is 1.93. The maximum atomic E-state index is 8.74. The van der Waals surface area contributed by atoms with E-state index in [2.05, 4.69) is 44.2 Å². The zero-order valence-corrected chi connectivity index (χ0v) is 11.1. The second-order valence-electron chi connectivity index (χ2n) is 4.79. The summed E-state index contributed by atoms with van der Waals surface area (Å²) in [5.74, 6) is 0. The van der Waals surface area contributed by atoms with E-state index in [4.69, 9.17) is 5.26 Å². The summed E-state index contributed by atoms with van der Waals surface area (Å²) in [5, 5.41) is 12.3. The molecule has 17 heavy (non-hydrogen) atoms. The van der Waals surface area contributed by atoms with Gasteiger partial charge in [-0.3, -0.25) is 0 Å². The van der Waals surface area contributed by atoms with Crippen LogP contribution in [0.5, 0.6) is 0 Å². The summed E-state index contributed by atoms with van der Waals surface area (Å²) in [4.78, 5) is 2.17. The smallest absolute Gasteiger partial charge is 0.0991 e. The zero-order chi connectivity index (χ0) is 12.8. The zero-order valence-electron chi connectivity index (χ0n) is 11.1. The number of likely N-dealkylation sites (N-methyl/N-ethyl adjacent to an activating group) is 1. The Morgan fingerprint density at radius 2 is 1.82 bits per heavy atom. The maximum Gasteiger partial charge on any atom is 0.0991 e. The van der Waals surface area contributed by atoms with Gasteiger partial charge in [0.05, 0.1) is 11.6 Å². The molecule has 0 amide bonds. The molecule has 2 atom stereocenters. The maximum absolute atomic E-state index is 8.74. The Balaban J connectivity index is 2.57. The van der Waals surface area contributed by atoms with E-state index in [1.165, 1.54) is 5.56 Å². The second-order valence-corrected chi connectivity index (χ2v) is 4.79. The van der Waals surface area contributed by atoms with Crippen molar-refractivity contribution < 1.29 is 0 Å². The van der Waals surface area contributed by atoms with Crippen LogP contribution in [-0.2, 0) is 0 Å². The van der Waals surface area contributed by atoms with Crippen molar-refractivity contribution in [2.45, 2.75) is 25.9 Å². The van der Waals surface area contributed by atoms with Gasteiger partial charge in [-0.05, 0) is 45.6 Å². The molecule has 92 valence electrons. The van der Waals surface area contributed by atoms with Crippen LogP contribution in [0.15, 0.2) is 24.3 Å². The van der Waals surface area contributed by atoms with Gasteiger partial charge in [0.2, 0.25) is 0 Å². The predicted octanol–water partition coefficient (Wildman–Crippen LogP) is 2.16. The van der Waals surface area contributed by atoms with Gasteiger partial charge in [-0.15, -0.1) is 0 Å². The molecule has 1 aromatic rings. The van der Waals surface area contributed by atoms with Crippen LogP contribution in [0.3, 0.4) is 0 Å². The number of rotatable bonds is 5. The fraction of sp³-hybridized carbons (Fsp3) is 0.500. The molecule has 0 saturated heterocycles. The van der Waals surface area contributed by atoms with E-state index in [9.17, 15) is 0 Å². The average molecular weight is 231 g/mol. The topological polar surface area (TPSA) is 39.1 Å². The van der Waals surface area contributed by atoms with Crippen molar-refractivity contribution in [1.82, 2.24) is 10.2 Å². The molecule has 0 spiro atoms. The molecular weight excluding hydrogens is 210 g/mol. The molecule has 0 saturated carbocycles. The Labute approximate surface area is 104 Å². The Morgan fingerprint density at radius 3 is 2.29 bits per heavy atom. The quantitative estimate of drug-likeness (QED) is 0.844. The van der Waals surface area contributed by atoms with E-state index >= 15 is 0 Å². The lowest BCUT2D eigenvalue weighted by molar-refractivity contribution is 0.334. The molecule has 0 bridgehead atoms. The van der Waals surface area contributed by atoms with Crippen LogP contribution in [-0.4, -0.2) is 31.6 Å². The summed E-state index contributed by atoms with van der Waals surface area (Å²) < 4.78 is 0. The van der Waals surface area contributed by atoms with E-state index in [1.54, 1.807) is 0 Å². The molecule has 0 radical (unpaired) electrons. The predicted molar refractivity (Wildman–Crippen MR) is 70.7 cm³/mol. The third kappa shape index (κ3) is 4.56. The normalized spacial score (nSPS) is 14.4. The van der Waals surface area contributed by atoms with Gasteiger partial charge in [-0.2, -0.15) is 5.26 Å². The summed E-state index contributed by atoms with van der Waals surface area (Å²) in [7, 11) is 4.15. The monoisotopic (exact) mass is 231 g/mol. The molecular formula is C14H21N3. The fourth-order valence-corrected chi connectivity index (χ4v) is 1.97. The largest absolute Gasteiger partial charge is 0.308 e. The van der Waals surface area contributed by atoms with Crippen molar-refractivity contribution in [3.8, 4) is 6.07 Å². The van der Waals surface area contributed by atoms with Gasteiger partial charge in [0.1, 0.15) is 0 Å². The molecule has 2 unspecified atom stereocenters. The van der Waals surface area contributed by atoms with Crippen LogP contribution >= 0.6 is 0 Å². The summed E-state index contributed by atoms with van der Waals surface area (Å²) >= 11 is 0. The van der Waals surface area contributed by atoms with Crippen molar-refractivity contribution in [3.05, 3.63) is 35.4 Å². The van der Waals surface area contributed by atoms with Crippen LogP contribution in [0.2, 0.25) is 0 Å². The van der Waals surface area contributed by atoms with Crippen molar-refractivity contribution in [1.29, 1.82) is 5.26 Å². The lowest BCUT2D eigenvalue weighted by Gasteiger charge is -2.23. The highest BCUT2D eigenvalue weighted by atomic mass is 15.1. The third-order valence-electron chi connectivity index (χ3n) is 2.71. The molecule has 0 aliphatic carbocycles. The van der Waals surface area contributed by atoms with E-state index in [1.807, 2.05) is 24.3 Å². The Hall–Kier alpha value is -1.37. The van der Waals surface area contributed by atoms with E-state index in [0.29, 0.717) is 17.6 Å². The van der Waals surface area contributed by atoms with Crippen LogP contribution in [0.1, 0.15) is 31.0 Å². The first kappa shape index (κ1) is 13.7. The Morgan fingerprint density at radius 1 is 1.24 bits per heavy atom. The highest BCUT2D eigenvalue weighted by molar-refractivity contribution is 5.32. The van der Waals surface area contributed by atoms with Crippen molar-refractivity contribution in [3.63, 3.8) is 0 Å². The van der Waals surface area contributed by atoms with Gasteiger partial charge in [0, 0.05) is 18.6 Å². The number of hydrogen-bond donors (Lipinski definition) is 1. The summed E-state index contributed by atoms with van der Waals surface area (Å²) in [6.45, 7) is 5.34.